The van der Waals surface area contributed by atoms with Crippen LogP contribution in [0.25, 0.3) is 44.1 Å². The third-order valence-electron chi connectivity index (χ3n) is 10.8. The van der Waals surface area contributed by atoms with Crippen molar-refractivity contribution >= 4 is 50.1 Å². The van der Waals surface area contributed by atoms with Gasteiger partial charge < -0.3 is 14.7 Å². The van der Waals surface area contributed by atoms with Crippen LogP contribution in [0, 0.1) is 0 Å². The fourth-order valence-electron chi connectivity index (χ4n) is 8.35. The van der Waals surface area contributed by atoms with E-state index in [1.165, 1.54) is 0 Å². The van der Waals surface area contributed by atoms with E-state index in [9.17, 15) is 18.0 Å². The minimum atomic E-state index is -5.22. The van der Waals surface area contributed by atoms with Crippen LogP contribution in [0.1, 0.15) is 126 Å². The first kappa shape index (κ1) is 38.3. The first-order chi connectivity index (χ1) is 24.0. The van der Waals surface area contributed by atoms with Crippen molar-refractivity contribution in [2.45, 2.75) is 118 Å². The number of carbonyl (C=O) groups is 1. The van der Waals surface area contributed by atoms with Gasteiger partial charge in [0.2, 0.25) is 0 Å². The zero-order valence-corrected chi connectivity index (χ0v) is 31.6. The first-order valence-corrected chi connectivity index (χ1v) is 18.1. The number of fused-ring (bicyclic) bond motifs is 8. The van der Waals surface area contributed by atoms with Crippen LogP contribution in [-0.2, 0) is 52.4 Å². The van der Waals surface area contributed by atoms with Gasteiger partial charge in [0.15, 0.2) is 0 Å². The Balaban J connectivity index is 0.00000504. The van der Waals surface area contributed by atoms with E-state index in [1.807, 2.05) is 52.0 Å². The molecule has 8 bridgehead atoms. The summed E-state index contributed by atoms with van der Waals surface area (Å²) in [5.74, 6) is -2.52. The Morgan fingerprint density at radius 1 is 0.725 bits per heavy atom. The Kier molecular flexibility index (Phi) is 11.0. The topological polar surface area (TPSA) is 80.3 Å². The number of benzene rings is 1. The zero-order valence-electron chi connectivity index (χ0n) is 30.6. The molecule has 0 fully saturated rings. The van der Waals surface area contributed by atoms with Gasteiger partial charge in [-0.1, -0.05) is 113 Å². The van der Waals surface area contributed by atoms with E-state index in [4.69, 9.17) is 24.7 Å². The molecule has 2 aliphatic rings. The second-order valence-electron chi connectivity index (χ2n) is 13.0. The van der Waals surface area contributed by atoms with E-state index in [0.29, 0.717) is 42.4 Å². The van der Waals surface area contributed by atoms with Crippen LogP contribution < -0.4 is 14.7 Å². The second kappa shape index (κ2) is 14.6. The fraction of sp³-hybridized carbons (Fsp3) is 0.439. The van der Waals surface area contributed by atoms with Crippen molar-refractivity contribution in [1.82, 2.24) is 19.9 Å². The molecule has 0 saturated carbocycles. The number of aryl methyl sites for hydroxylation is 4. The number of carbonyl (C=O) groups excluding carboxylic acids is 1. The minimum Gasteiger partial charge on any atom is -0.657 e. The largest absolute Gasteiger partial charge is 2.00 e. The molecule has 4 aromatic rings. The number of para-hydroxylation sites is 1. The van der Waals surface area contributed by atoms with Crippen molar-refractivity contribution in [2.75, 3.05) is 0 Å². The molecule has 6 rings (SSSR count). The Morgan fingerprint density at radius 2 is 1.24 bits per heavy atom. The predicted molar refractivity (Wildman–Crippen MR) is 194 cm³/mol. The summed E-state index contributed by atoms with van der Waals surface area (Å²) >= 11 is 0. The van der Waals surface area contributed by atoms with E-state index in [-0.39, 0.29) is 27.8 Å². The molecule has 0 spiro atoms. The zero-order chi connectivity index (χ0) is 36.1. The molecular formula is C41H45F3N4NiO2. The van der Waals surface area contributed by atoms with Crippen LogP contribution >= 0.6 is 0 Å². The van der Waals surface area contributed by atoms with Gasteiger partial charge in [0.05, 0.1) is 22.6 Å². The van der Waals surface area contributed by atoms with Gasteiger partial charge in [0.1, 0.15) is 5.75 Å². The van der Waals surface area contributed by atoms with E-state index in [2.05, 4.69) is 33.8 Å². The molecule has 272 valence electrons. The minimum absolute atomic E-state index is 0. The van der Waals surface area contributed by atoms with E-state index in [1.54, 1.807) is 0 Å². The number of ether oxygens (including phenoxy) is 1. The van der Waals surface area contributed by atoms with Crippen LogP contribution in [0.5, 0.6) is 5.75 Å². The number of aromatic nitrogens is 4. The summed E-state index contributed by atoms with van der Waals surface area (Å²) in [6, 6.07) is 10.0. The van der Waals surface area contributed by atoms with Gasteiger partial charge >= 0.3 is 28.6 Å². The number of hydrogen-bond donors (Lipinski definition) is 0. The second-order valence-corrected chi connectivity index (χ2v) is 13.0. The van der Waals surface area contributed by atoms with Crippen molar-refractivity contribution in [3.05, 3.63) is 75.2 Å². The van der Waals surface area contributed by atoms with Crippen LogP contribution in [0.2, 0.25) is 0 Å². The van der Waals surface area contributed by atoms with E-state index >= 15 is 0 Å². The third kappa shape index (κ3) is 6.01. The molecule has 0 unspecified atom stereocenters. The molecule has 1 aromatic carbocycles. The number of alkyl halides is 3. The monoisotopic (exact) mass is 740 g/mol. The molecule has 0 aliphatic carbocycles. The van der Waals surface area contributed by atoms with Gasteiger partial charge in [-0.2, -0.15) is 13.2 Å². The number of esters is 1. The average molecular weight is 742 g/mol. The number of hydrogen-bond acceptors (Lipinski definition) is 4. The normalized spacial score (nSPS) is 14.0. The Morgan fingerprint density at radius 3 is 1.71 bits per heavy atom. The van der Waals surface area contributed by atoms with Crippen molar-refractivity contribution < 1.29 is 39.2 Å². The van der Waals surface area contributed by atoms with Crippen molar-refractivity contribution in [3.63, 3.8) is 0 Å². The molecule has 6 nitrogen and oxygen atoms in total. The first-order valence-electron chi connectivity index (χ1n) is 18.1. The molecule has 0 amide bonds. The molecule has 10 heteroatoms. The van der Waals surface area contributed by atoms with Crippen molar-refractivity contribution in [2.24, 2.45) is 0 Å². The summed E-state index contributed by atoms with van der Waals surface area (Å²) in [4.78, 5) is 33.5. The van der Waals surface area contributed by atoms with Crippen LogP contribution in [0.3, 0.4) is 0 Å². The number of allylic oxidation sites excluding steroid dienone is 2. The summed E-state index contributed by atoms with van der Waals surface area (Å²) < 4.78 is 47.6. The van der Waals surface area contributed by atoms with Gasteiger partial charge in [-0.25, -0.2) is 14.8 Å². The maximum Gasteiger partial charge on any atom is 2.00 e. The Bertz CT molecular complexity index is 2210. The Hall–Kier alpha value is -3.91. The summed E-state index contributed by atoms with van der Waals surface area (Å²) in [5.41, 5.74) is 11.3. The predicted octanol–water partition coefficient (Wildman–Crippen LogP) is 10.3. The van der Waals surface area contributed by atoms with Gasteiger partial charge in [-0.05, 0) is 73.5 Å². The van der Waals surface area contributed by atoms with Gasteiger partial charge in [-0.3, -0.25) is 0 Å². The maximum atomic E-state index is 14.0. The molecule has 0 atom stereocenters. The number of rotatable bonds is 9. The van der Waals surface area contributed by atoms with Crippen LogP contribution in [0.15, 0.2) is 30.3 Å². The fourth-order valence-corrected chi connectivity index (χ4v) is 8.35. The molecular weight excluding hydrogens is 696 g/mol. The molecule has 3 aromatic heterocycles. The van der Waals surface area contributed by atoms with Gasteiger partial charge in [-0.15, -0.1) is 16.6 Å². The summed E-state index contributed by atoms with van der Waals surface area (Å²) in [7, 11) is 0. The van der Waals surface area contributed by atoms with Gasteiger partial charge in [0, 0.05) is 5.41 Å². The molecule has 51 heavy (non-hydrogen) atoms. The Labute approximate surface area is 307 Å². The third-order valence-corrected chi connectivity index (χ3v) is 10.8. The molecule has 2 aliphatic heterocycles. The summed E-state index contributed by atoms with van der Waals surface area (Å²) in [5, 5.41) is 0.805. The molecule has 5 heterocycles. The molecule has 0 saturated heterocycles. The summed E-state index contributed by atoms with van der Waals surface area (Å²) in [6.45, 7) is 16.4. The van der Waals surface area contributed by atoms with Gasteiger partial charge in [0.25, 0.3) is 0 Å². The standard InChI is InChI=1S/C41H45F3N4O2.Ni/c1-9-22-23(10-2)31-21-33-25(12-4)27(14-6)36(47-33)37(50-39(49)41(42,43)44)38-40(15-7,16-8)29-19-17-18-28(35(29)48-38)34-26(13-5)24(11-3)32(46-34)20-30(22)45-31;/h17-21H,9-16H2,1-8H3;/q-2;+2. The maximum absolute atomic E-state index is 14.0. The number of halogens is 3. The summed E-state index contributed by atoms with van der Waals surface area (Å²) in [6.07, 6.45) is -0.116. The van der Waals surface area contributed by atoms with Crippen LogP contribution in [0.4, 0.5) is 13.2 Å². The van der Waals surface area contributed by atoms with Crippen molar-refractivity contribution in [1.29, 1.82) is 0 Å². The van der Waals surface area contributed by atoms with E-state index in [0.717, 1.165) is 92.5 Å². The van der Waals surface area contributed by atoms with E-state index < -0.39 is 17.6 Å². The van der Waals surface area contributed by atoms with Crippen LogP contribution in [-0.4, -0.2) is 22.1 Å². The van der Waals surface area contributed by atoms with Crippen molar-refractivity contribution in [3.8, 4) is 5.75 Å². The quantitative estimate of drug-likeness (QED) is 0.126. The molecule has 0 radical (unpaired) electrons. The number of nitrogens with zero attached hydrogens (tertiary/aromatic N) is 4. The smallest absolute Gasteiger partial charge is 0.657 e. The molecule has 0 N–H and O–H groups in total. The SMILES string of the molecule is CCC1=C(CC)c2cc3[n-]c(c(CC)c3CC)c3cccc4c3nc(c(OC(=O)C(F)(F)F)c3[n-]c(cc1n2)c(CC)c3CC)C4(CC)CC.[Ni+2]. The average Bonchev–Trinajstić information content (AvgIpc) is 3.84.